The van der Waals surface area contributed by atoms with E-state index in [9.17, 15) is 9.59 Å². The maximum absolute atomic E-state index is 12.5. The Morgan fingerprint density at radius 2 is 1.83 bits per heavy atom. The van der Waals surface area contributed by atoms with Gasteiger partial charge < -0.3 is 10.2 Å². The number of rotatable bonds is 6. The van der Waals surface area contributed by atoms with Crippen LogP contribution < -0.4 is 16.2 Å². The summed E-state index contributed by atoms with van der Waals surface area (Å²) in [5.74, 6) is 0.156. The van der Waals surface area contributed by atoms with Gasteiger partial charge in [-0.05, 0) is 23.4 Å². The van der Waals surface area contributed by atoms with Crippen LogP contribution in [0, 0.1) is 0 Å². The first-order chi connectivity index (χ1) is 14.2. The standard InChI is InChI=1S/C21H27N5O2S/c27-20(18-15-17(23-24-18)16-5-2-1-3-6-16)22-8-9-25-10-12-26(13-11-25)21(28)19-7-4-14-29-19/h1-7,14,17-18,23-24H,8-13,15H2,(H,22,27). The van der Waals surface area contributed by atoms with Crippen LogP contribution in [0.4, 0.5) is 0 Å². The number of carbonyl (C=O) groups is 2. The highest BCUT2D eigenvalue weighted by Crippen LogP contribution is 2.21. The Hall–Kier alpha value is -2.26. The predicted octanol–water partition coefficient (Wildman–Crippen LogP) is 1.23. The molecule has 2 aromatic rings. The van der Waals surface area contributed by atoms with Gasteiger partial charge in [0.2, 0.25) is 5.91 Å². The number of amides is 2. The third kappa shape index (κ3) is 5.02. The molecule has 3 N–H and O–H groups in total. The normalized spacial score (nSPS) is 22.6. The molecule has 4 rings (SSSR count). The van der Waals surface area contributed by atoms with Gasteiger partial charge in [-0.3, -0.25) is 14.5 Å². The molecular formula is C21H27N5O2S. The van der Waals surface area contributed by atoms with Crippen LogP contribution in [0.15, 0.2) is 47.8 Å². The van der Waals surface area contributed by atoms with Crippen LogP contribution in [-0.2, 0) is 4.79 Å². The van der Waals surface area contributed by atoms with E-state index in [0.717, 1.165) is 44.0 Å². The largest absolute Gasteiger partial charge is 0.353 e. The maximum Gasteiger partial charge on any atom is 0.264 e. The molecule has 2 amide bonds. The lowest BCUT2D eigenvalue weighted by atomic mass is 10.0. The summed E-state index contributed by atoms with van der Waals surface area (Å²) >= 11 is 1.49. The first-order valence-corrected chi connectivity index (χ1v) is 11.0. The molecule has 3 heterocycles. The molecule has 0 spiro atoms. The van der Waals surface area contributed by atoms with E-state index >= 15 is 0 Å². The maximum atomic E-state index is 12.5. The molecule has 0 bridgehead atoms. The number of nitrogens with one attached hydrogen (secondary N) is 3. The van der Waals surface area contributed by atoms with E-state index in [1.807, 2.05) is 40.6 Å². The van der Waals surface area contributed by atoms with Gasteiger partial charge in [0.25, 0.3) is 5.91 Å². The minimum atomic E-state index is -0.222. The topological polar surface area (TPSA) is 76.7 Å². The summed E-state index contributed by atoms with van der Waals surface area (Å²) in [5, 5.41) is 4.97. The molecule has 2 saturated heterocycles. The number of nitrogens with zero attached hydrogens (tertiary/aromatic N) is 2. The first-order valence-electron chi connectivity index (χ1n) is 10.1. The molecule has 2 atom stereocenters. The lowest BCUT2D eigenvalue weighted by molar-refractivity contribution is -0.122. The Kier molecular flexibility index (Phi) is 6.56. The summed E-state index contributed by atoms with van der Waals surface area (Å²) < 4.78 is 0. The number of hydrogen-bond donors (Lipinski definition) is 3. The van der Waals surface area contributed by atoms with Crippen LogP contribution in [0.5, 0.6) is 0 Å². The molecule has 0 aliphatic carbocycles. The highest BCUT2D eigenvalue weighted by molar-refractivity contribution is 7.12. The van der Waals surface area contributed by atoms with Crippen molar-refractivity contribution in [2.75, 3.05) is 39.3 Å². The van der Waals surface area contributed by atoms with E-state index in [1.165, 1.54) is 16.9 Å². The lowest BCUT2D eigenvalue weighted by Crippen LogP contribution is -2.51. The smallest absolute Gasteiger partial charge is 0.264 e. The average Bonchev–Trinajstić information content (AvgIpc) is 3.47. The van der Waals surface area contributed by atoms with Crippen molar-refractivity contribution in [1.29, 1.82) is 0 Å². The van der Waals surface area contributed by atoms with E-state index < -0.39 is 0 Å². The number of benzene rings is 1. The highest BCUT2D eigenvalue weighted by atomic mass is 32.1. The minimum Gasteiger partial charge on any atom is -0.353 e. The van der Waals surface area contributed by atoms with E-state index in [4.69, 9.17) is 0 Å². The first kappa shape index (κ1) is 20.0. The van der Waals surface area contributed by atoms with Crippen molar-refractivity contribution in [3.63, 3.8) is 0 Å². The Balaban J connectivity index is 1.15. The highest BCUT2D eigenvalue weighted by Gasteiger charge is 2.30. The zero-order chi connectivity index (χ0) is 20.1. The summed E-state index contributed by atoms with van der Waals surface area (Å²) in [6, 6.07) is 13.9. The van der Waals surface area contributed by atoms with Crippen LogP contribution in [0.25, 0.3) is 0 Å². The Labute approximate surface area is 175 Å². The minimum absolute atomic E-state index is 0.0300. The Morgan fingerprint density at radius 3 is 2.55 bits per heavy atom. The van der Waals surface area contributed by atoms with Crippen LogP contribution in [0.2, 0.25) is 0 Å². The number of hydrazine groups is 1. The zero-order valence-corrected chi connectivity index (χ0v) is 17.2. The van der Waals surface area contributed by atoms with Gasteiger partial charge in [-0.25, -0.2) is 10.9 Å². The molecule has 29 heavy (non-hydrogen) atoms. The van der Waals surface area contributed by atoms with Crippen molar-refractivity contribution in [2.24, 2.45) is 0 Å². The van der Waals surface area contributed by atoms with Gasteiger partial charge in [-0.2, -0.15) is 0 Å². The summed E-state index contributed by atoms with van der Waals surface area (Å²) in [6.07, 6.45) is 0.735. The molecule has 1 aromatic heterocycles. The third-order valence-corrected chi connectivity index (χ3v) is 6.40. The van der Waals surface area contributed by atoms with Gasteiger partial charge in [-0.1, -0.05) is 36.4 Å². The van der Waals surface area contributed by atoms with Gasteiger partial charge >= 0.3 is 0 Å². The van der Waals surface area contributed by atoms with Gasteiger partial charge in [0, 0.05) is 45.3 Å². The summed E-state index contributed by atoms with van der Waals surface area (Å²) in [6.45, 7) is 4.56. The molecule has 154 valence electrons. The van der Waals surface area contributed by atoms with Crippen molar-refractivity contribution in [3.8, 4) is 0 Å². The van der Waals surface area contributed by atoms with Crippen molar-refractivity contribution in [2.45, 2.75) is 18.5 Å². The molecular weight excluding hydrogens is 386 g/mol. The number of thiophene rings is 1. The average molecular weight is 414 g/mol. The van der Waals surface area contributed by atoms with Gasteiger partial charge in [0.15, 0.2) is 0 Å². The van der Waals surface area contributed by atoms with Crippen molar-refractivity contribution >= 4 is 23.2 Å². The van der Waals surface area contributed by atoms with Gasteiger partial charge in [0.05, 0.1) is 4.88 Å². The SMILES string of the molecule is O=C(NCCN1CCN(C(=O)c2cccs2)CC1)C1CC(c2ccccc2)NN1. The van der Waals surface area contributed by atoms with Crippen LogP contribution in [-0.4, -0.2) is 66.9 Å². The van der Waals surface area contributed by atoms with Crippen molar-refractivity contribution in [1.82, 2.24) is 26.0 Å². The molecule has 2 fully saturated rings. The van der Waals surface area contributed by atoms with Crippen molar-refractivity contribution < 1.29 is 9.59 Å². The molecule has 0 saturated carbocycles. The second kappa shape index (κ2) is 9.49. The molecule has 7 nitrogen and oxygen atoms in total. The third-order valence-electron chi connectivity index (χ3n) is 5.54. The van der Waals surface area contributed by atoms with E-state index in [-0.39, 0.29) is 23.9 Å². The Bertz CT molecular complexity index is 806. The molecule has 8 heteroatoms. The Morgan fingerprint density at radius 1 is 1.03 bits per heavy atom. The zero-order valence-electron chi connectivity index (χ0n) is 16.3. The number of hydrogen-bond acceptors (Lipinski definition) is 6. The van der Waals surface area contributed by atoms with E-state index in [1.54, 1.807) is 0 Å². The van der Waals surface area contributed by atoms with E-state index in [2.05, 4.69) is 33.2 Å². The fourth-order valence-corrected chi connectivity index (χ4v) is 4.51. The summed E-state index contributed by atoms with van der Waals surface area (Å²) in [7, 11) is 0. The monoisotopic (exact) mass is 413 g/mol. The van der Waals surface area contributed by atoms with Crippen LogP contribution in [0.1, 0.15) is 27.7 Å². The number of piperazine rings is 1. The second-order valence-electron chi connectivity index (χ2n) is 7.44. The van der Waals surface area contributed by atoms with E-state index in [0.29, 0.717) is 6.54 Å². The number of carbonyl (C=O) groups excluding carboxylic acids is 2. The summed E-state index contributed by atoms with van der Waals surface area (Å²) in [4.78, 5) is 29.9. The van der Waals surface area contributed by atoms with Gasteiger partial charge in [0.1, 0.15) is 6.04 Å². The van der Waals surface area contributed by atoms with Crippen LogP contribution in [0.3, 0.4) is 0 Å². The molecule has 1 aromatic carbocycles. The fourth-order valence-electron chi connectivity index (χ4n) is 3.82. The second-order valence-corrected chi connectivity index (χ2v) is 8.39. The molecule has 2 aliphatic rings. The molecule has 0 radical (unpaired) electrons. The quantitative estimate of drug-likeness (QED) is 0.664. The molecule has 2 unspecified atom stereocenters. The van der Waals surface area contributed by atoms with Gasteiger partial charge in [-0.15, -0.1) is 11.3 Å². The van der Waals surface area contributed by atoms with Crippen LogP contribution >= 0.6 is 11.3 Å². The lowest BCUT2D eigenvalue weighted by Gasteiger charge is -2.34. The molecule has 2 aliphatic heterocycles. The summed E-state index contributed by atoms with van der Waals surface area (Å²) in [5.41, 5.74) is 7.50. The van der Waals surface area contributed by atoms with Crippen molar-refractivity contribution in [3.05, 3.63) is 58.3 Å². The fraction of sp³-hybridized carbons (Fsp3) is 0.429. The predicted molar refractivity (Wildman–Crippen MR) is 114 cm³/mol.